The van der Waals surface area contributed by atoms with Gasteiger partial charge in [0.25, 0.3) is 0 Å². The highest BCUT2D eigenvalue weighted by molar-refractivity contribution is 7.87. The van der Waals surface area contributed by atoms with Crippen LogP contribution in [0.3, 0.4) is 0 Å². The molecule has 0 bridgehead atoms. The van der Waals surface area contributed by atoms with Gasteiger partial charge < -0.3 is 4.18 Å². The molecule has 1 heterocycles. The third-order valence-electron chi connectivity index (χ3n) is 1.76. The lowest BCUT2D eigenvalue weighted by atomic mass is 10.2. The summed E-state index contributed by atoms with van der Waals surface area (Å²) in [6.07, 6.45) is 1.86. The van der Waals surface area contributed by atoms with Crippen LogP contribution in [0.2, 0.25) is 0 Å². The Balaban J connectivity index is 3.05. The molecule has 0 aliphatic rings. The van der Waals surface area contributed by atoms with E-state index in [1.165, 1.54) is 6.92 Å². The first-order valence-corrected chi connectivity index (χ1v) is 5.87. The van der Waals surface area contributed by atoms with Crippen molar-refractivity contribution in [2.45, 2.75) is 12.4 Å². The smallest absolute Gasteiger partial charge is 0.376 e. The van der Waals surface area contributed by atoms with Gasteiger partial charge in [-0.25, -0.2) is 4.98 Å². The Kier molecular flexibility index (Phi) is 3.95. The van der Waals surface area contributed by atoms with Crippen LogP contribution in [0.1, 0.15) is 12.5 Å². The van der Waals surface area contributed by atoms with Gasteiger partial charge in [-0.1, -0.05) is 0 Å². The molecule has 1 aromatic rings. The molecule has 0 amide bonds. The summed E-state index contributed by atoms with van der Waals surface area (Å²) in [6.45, 7) is 1.27. The van der Waals surface area contributed by atoms with Crippen molar-refractivity contribution in [2.24, 2.45) is 0 Å². The zero-order valence-corrected chi connectivity index (χ0v) is 9.72. The molecule has 1 aromatic heterocycles. The molecule has 0 aliphatic heterocycles. The molecule has 0 N–H and O–H groups in total. The van der Waals surface area contributed by atoms with E-state index in [-0.39, 0.29) is 5.56 Å². The number of aromatic nitrogens is 1. The molecule has 18 heavy (non-hydrogen) atoms. The molecule has 0 saturated carbocycles. The first-order chi connectivity index (χ1) is 8.17. The van der Waals surface area contributed by atoms with E-state index in [4.69, 9.17) is 0 Å². The minimum atomic E-state index is -5.76. The average molecular weight is 285 g/mol. The van der Waals surface area contributed by atoms with Crippen LogP contribution in [-0.4, -0.2) is 18.9 Å². The van der Waals surface area contributed by atoms with Gasteiger partial charge in [-0.15, -0.1) is 0 Å². The quantitative estimate of drug-likeness (QED) is 0.281. The maximum Gasteiger partial charge on any atom is 0.534 e. The van der Waals surface area contributed by atoms with Gasteiger partial charge in [-0.2, -0.15) is 26.0 Å². The molecule has 1 rings (SSSR count). The maximum absolute atomic E-state index is 12.5. The van der Waals surface area contributed by atoms with Crippen LogP contribution < -0.4 is 0 Å². The van der Waals surface area contributed by atoms with Gasteiger partial charge in [0.15, 0.2) is 0 Å². The van der Waals surface area contributed by atoms with E-state index in [0.717, 1.165) is 24.4 Å². The molecule has 0 fully saturated rings. The first-order valence-electron chi connectivity index (χ1n) is 4.46. The van der Waals surface area contributed by atoms with Crippen LogP contribution >= 0.6 is 0 Å². The predicted molar refractivity (Wildman–Crippen MR) is 53.9 cm³/mol. The molecular formula is C9H7F4NO3S. The van der Waals surface area contributed by atoms with Crippen molar-refractivity contribution in [3.8, 4) is 0 Å². The molecule has 0 spiro atoms. The number of allylic oxidation sites excluding steroid dienone is 1. The summed E-state index contributed by atoms with van der Waals surface area (Å²) in [5.74, 6) is -1.44. The fraction of sp³-hybridized carbons (Fsp3) is 0.222. The van der Waals surface area contributed by atoms with Crippen molar-refractivity contribution in [1.29, 1.82) is 0 Å². The Bertz CT molecular complexity index is 548. The molecule has 0 unspecified atom stereocenters. The second-order valence-corrected chi connectivity index (χ2v) is 4.54. The van der Waals surface area contributed by atoms with E-state index in [9.17, 15) is 26.0 Å². The lowest BCUT2D eigenvalue weighted by Crippen LogP contribution is -2.25. The van der Waals surface area contributed by atoms with Crippen LogP contribution in [-0.2, 0) is 14.3 Å². The van der Waals surface area contributed by atoms with Crippen molar-refractivity contribution in [3.63, 3.8) is 0 Å². The lowest BCUT2D eigenvalue weighted by Gasteiger charge is -2.11. The number of alkyl halides is 3. The van der Waals surface area contributed by atoms with Crippen molar-refractivity contribution in [2.75, 3.05) is 0 Å². The zero-order chi connectivity index (χ0) is 14.0. The maximum atomic E-state index is 12.5. The topological polar surface area (TPSA) is 56.3 Å². The van der Waals surface area contributed by atoms with Gasteiger partial charge in [0.1, 0.15) is 5.76 Å². The molecule has 4 nitrogen and oxygen atoms in total. The predicted octanol–water partition coefficient (Wildman–Crippen LogP) is 2.45. The molecule has 9 heteroatoms. The molecule has 0 aliphatic carbocycles. The van der Waals surface area contributed by atoms with Gasteiger partial charge in [-0.3, -0.25) is 0 Å². The van der Waals surface area contributed by atoms with E-state index >= 15 is 0 Å². The van der Waals surface area contributed by atoms with E-state index < -0.39 is 27.3 Å². The third-order valence-corrected chi connectivity index (χ3v) is 2.72. The molecule has 0 atom stereocenters. The summed E-state index contributed by atoms with van der Waals surface area (Å²) >= 11 is 0. The summed E-state index contributed by atoms with van der Waals surface area (Å²) in [4.78, 5) is 3.18. The second kappa shape index (κ2) is 4.92. The van der Waals surface area contributed by atoms with Gasteiger partial charge in [0, 0.05) is 11.8 Å². The van der Waals surface area contributed by atoms with E-state index in [0.29, 0.717) is 0 Å². The van der Waals surface area contributed by atoms with E-state index in [1.807, 2.05) is 0 Å². The van der Waals surface area contributed by atoms with Crippen molar-refractivity contribution in [1.82, 2.24) is 4.98 Å². The Morgan fingerprint density at radius 2 is 2.00 bits per heavy atom. The Labute approximate surface area is 100 Å². The number of halogens is 4. The summed E-state index contributed by atoms with van der Waals surface area (Å²) in [6, 6.07) is 1.91. The van der Waals surface area contributed by atoms with Crippen molar-refractivity contribution >= 4 is 15.9 Å². The zero-order valence-electron chi connectivity index (χ0n) is 8.90. The van der Waals surface area contributed by atoms with Crippen LogP contribution in [0, 0.1) is 5.95 Å². The number of pyridine rings is 1. The molecule has 0 radical (unpaired) electrons. The van der Waals surface area contributed by atoms with E-state index in [2.05, 4.69) is 9.17 Å². The fourth-order valence-corrected chi connectivity index (χ4v) is 1.47. The van der Waals surface area contributed by atoms with Gasteiger partial charge in [0.2, 0.25) is 5.95 Å². The Morgan fingerprint density at radius 3 is 2.39 bits per heavy atom. The largest absolute Gasteiger partial charge is 0.534 e. The monoisotopic (exact) mass is 285 g/mol. The van der Waals surface area contributed by atoms with Crippen molar-refractivity contribution < 1.29 is 30.2 Å². The normalized spacial score (nSPS) is 13.5. The van der Waals surface area contributed by atoms with Crippen molar-refractivity contribution in [3.05, 3.63) is 35.9 Å². The standard InChI is InChI=1S/C9H7F4NO3S/c1-2-7(6-3-4-8(10)14-5-6)17-18(15,16)9(11,12)13/h2-5H,1H3. The summed E-state index contributed by atoms with van der Waals surface area (Å²) in [5.41, 5.74) is -5.62. The summed E-state index contributed by atoms with van der Waals surface area (Å²) < 4.78 is 74.3. The van der Waals surface area contributed by atoms with Crippen LogP contribution in [0.25, 0.3) is 5.76 Å². The number of hydrogen-bond acceptors (Lipinski definition) is 4. The SMILES string of the molecule is CC=C(OS(=O)(=O)C(F)(F)F)c1ccc(F)nc1. The highest BCUT2D eigenvalue weighted by Crippen LogP contribution is 2.29. The van der Waals surface area contributed by atoms with Crippen LogP contribution in [0.4, 0.5) is 17.6 Å². The molecular weight excluding hydrogens is 278 g/mol. The number of rotatable bonds is 3. The highest BCUT2D eigenvalue weighted by Gasteiger charge is 2.48. The molecule has 0 saturated heterocycles. The second-order valence-electron chi connectivity index (χ2n) is 3.01. The highest BCUT2D eigenvalue weighted by atomic mass is 32.2. The Morgan fingerprint density at radius 1 is 1.39 bits per heavy atom. The number of nitrogens with zero attached hydrogens (tertiary/aromatic N) is 1. The summed E-state index contributed by atoms with van der Waals surface area (Å²) in [7, 11) is -5.76. The average Bonchev–Trinajstić information content (AvgIpc) is 2.25. The summed E-state index contributed by atoms with van der Waals surface area (Å²) in [5, 5.41) is 0. The minimum absolute atomic E-state index is 0.0910. The van der Waals surface area contributed by atoms with E-state index in [1.54, 1.807) is 0 Å². The molecule has 100 valence electrons. The van der Waals surface area contributed by atoms with Gasteiger partial charge >= 0.3 is 15.6 Å². The first kappa shape index (κ1) is 14.4. The minimum Gasteiger partial charge on any atom is -0.376 e. The third kappa shape index (κ3) is 3.19. The van der Waals surface area contributed by atoms with Crippen LogP contribution in [0.5, 0.6) is 0 Å². The van der Waals surface area contributed by atoms with Gasteiger partial charge in [0.05, 0.1) is 0 Å². The lowest BCUT2D eigenvalue weighted by molar-refractivity contribution is -0.0509. The number of hydrogen-bond donors (Lipinski definition) is 0. The Hall–Kier alpha value is -1.64. The molecule has 0 aromatic carbocycles. The van der Waals surface area contributed by atoms with Crippen LogP contribution in [0.15, 0.2) is 24.4 Å². The fourth-order valence-electron chi connectivity index (χ4n) is 0.950. The van der Waals surface area contributed by atoms with Gasteiger partial charge in [-0.05, 0) is 25.1 Å².